The Morgan fingerprint density at radius 1 is 1.26 bits per heavy atom. The van der Waals surface area contributed by atoms with Gasteiger partial charge in [0.05, 0.1) is 23.9 Å². The molecule has 0 atom stereocenters. The second-order valence-corrected chi connectivity index (χ2v) is 6.75. The van der Waals surface area contributed by atoms with Gasteiger partial charge in [0.2, 0.25) is 11.8 Å². The van der Waals surface area contributed by atoms with Gasteiger partial charge < -0.3 is 9.64 Å². The highest BCUT2D eigenvalue weighted by Crippen LogP contribution is 2.19. The van der Waals surface area contributed by atoms with Gasteiger partial charge in [-0.15, -0.1) is 11.8 Å². The number of carbonyl (C=O) groups excluding carboxylic acids is 1. The number of pyridine rings is 1. The van der Waals surface area contributed by atoms with Gasteiger partial charge in [-0.1, -0.05) is 41.9 Å². The first kappa shape index (κ1) is 16.1. The van der Waals surface area contributed by atoms with Crippen LogP contribution in [0.5, 0.6) is 5.88 Å². The maximum Gasteiger partial charge on any atom is 0.232 e. The van der Waals surface area contributed by atoms with Crippen LogP contribution in [0.15, 0.2) is 48.7 Å². The normalized spacial score (nSPS) is 14.4. The number of benzene rings is 1. The van der Waals surface area contributed by atoms with Crippen LogP contribution in [0, 0.1) is 0 Å². The Kier molecular flexibility index (Phi) is 5.41. The third-order valence-electron chi connectivity index (χ3n) is 3.53. The van der Waals surface area contributed by atoms with E-state index in [0.29, 0.717) is 29.7 Å². The Morgan fingerprint density at radius 3 is 2.74 bits per heavy atom. The molecule has 23 heavy (non-hydrogen) atoms. The van der Waals surface area contributed by atoms with E-state index in [-0.39, 0.29) is 12.0 Å². The lowest BCUT2D eigenvalue weighted by atomic mass is 10.2. The molecule has 1 amide bonds. The van der Waals surface area contributed by atoms with E-state index in [0.717, 1.165) is 5.75 Å². The Balaban J connectivity index is 1.35. The van der Waals surface area contributed by atoms with Crippen molar-refractivity contribution in [3.8, 4) is 5.88 Å². The van der Waals surface area contributed by atoms with Gasteiger partial charge in [0.15, 0.2) is 0 Å². The first-order valence-electron chi connectivity index (χ1n) is 7.38. The van der Waals surface area contributed by atoms with E-state index in [9.17, 15) is 4.79 Å². The highest BCUT2D eigenvalue weighted by molar-refractivity contribution is 7.99. The van der Waals surface area contributed by atoms with Crippen LogP contribution in [0.3, 0.4) is 0 Å². The average Bonchev–Trinajstić information content (AvgIpc) is 2.53. The Bertz CT molecular complexity index is 645. The molecule has 0 N–H and O–H groups in total. The predicted octanol–water partition coefficient (Wildman–Crippen LogP) is 3.26. The minimum absolute atomic E-state index is 0.0201. The van der Waals surface area contributed by atoms with Crippen molar-refractivity contribution in [1.29, 1.82) is 0 Å². The Hall–Kier alpha value is -1.72. The van der Waals surface area contributed by atoms with E-state index >= 15 is 0 Å². The lowest BCUT2D eigenvalue weighted by molar-refractivity contribution is -0.137. The number of amides is 1. The number of aromatic nitrogens is 1. The zero-order chi connectivity index (χ0) is 16.1. The number of nitrogens with zero attached hydrogens (tertiary/aromatic N) is 2. The van der Waals surface area contributed by atoms with E-state index in [1.807, 2.05) is 23.1 Å². The molecule has 0 spiro atoms. The van der Waals surface area contributed by atoms with E-state index < -0.39 is 0 Å². The zero-order valence-electron chi connectivity index (χ0n) is 12.5. The molecule has 1 aromatic heterocycles. The molecule has 0 aliphatic carbocycles. The number of halogens is 1. The monoisotopic (exact) mass is 348 g/mol. The number of carbonyl (C=O) groups is 1. The fourth-order valence-corrected chi connectivity index (χ4v) is 3.24. The number of thioether (sulfide) groups is 1. The highest BCUT2D eigenvalue weighted by atomic mass is 35.5. The van der Waals surface area contributed by atoms with Crippen molar-refractivity contribution in [2.24, 2.45) is 0 Å². The van der Waals surface area contributed by atoms with E-state index in [1.54, 1.807) is 30.1 Å². The fourth-order valence-electron chi connectivity index (χ4n) is 2.24. The molecule has 1 saturated heterocycles. The minimum atomic E-state index is 0.0201. The van der Waals surface area contributed by atoms with Crippen LogP contribution in [0.25, 0.3) is 0 Å². The third-order valence-corrected chi connectivity index (χ3v) is 4.74. The van der Waals surface area contributed by atoms with Crippen molar-refractivity contribution in [2.45, 2.75) is 11.9 Å². The number of hydrogen-bond donors (Lipinski definition) is 0. The fraction of sp³-hybridized carbons (Fsp3) is 0.294. The summed E-state index contributed by atoms with van der Waals surface area (Å²) in [4.78, 5) is 18.0. The quantitative estimate of drug-likeness (QED) is 0.803. The number of likely N-dealkylation sites (tertiary alicyclic amines) is 1. The average molecular weight is 349 g/mol. The van der Waals surface area contributed by atoms with E-state index in [2.05, 4.69) is 17.1 Å². The van der Waals surface area contributed by atoms with E-state index in [1.165, 1.54) is 5.56 Å². The molecule has 3 rings (SSSR count). The molecular formula is C17H17ClN2O2S. The van der Waals surface area contributed by atoms with Gasteiger partial charge >= 0.3 is 0 Å². The summed E-state index contributed by atoms with van der Waals surface area (Å²) < 4.78 is 5.69. The van der Waals surface area contributed by atoms with Crippen molar-refractivity contribution in [2.75, 3.05) is 18.8 Å². The molecule has 1 aromatic carbocycles. The lowest BCUT2D eigenvalue weighted by Gasteiger charge is -2.38. The van der Waals surface area contributed by atoms with E-state index in [4.69, 9.17) is 16.3 Å². The molecule has 0 radical (unpaired) electrons. The molecule has 2 heterocycles. The number of ether oxygens (including phenoxy) is 1. The Labute approximate surface area is 144 Å². The Morgan fingerprint density at radius 2 is 2.04 bits per heavy atom. The molecule has 6 heteroatoms. The molecule has 1 fully saturated rings. The van der Waals surface area contributed by atoms with Crippen LogP contribution in [0.4, 0.5) is 0 Å². The van der Waals surface area contributed by atoms with Crippen LogP contribution < -0.4 is 4.74 Å². The second kappa shape index (κ2) is 7.70. The highest BCUT2D eigenvalue weighted by Gasteiger charge is 2.32. The standard InChI is InChI=1S/C17H17ClN2O2S/c18-14-6-7-16(19-8-14)22-15-9-20(10-15)17(21)12-23-11-13-4-2-1-3-5-13/h1-8,15H,9-12H2. The molecule has 2 aromatic rings. The van der Waals surface area contributed by atoms with Gasteiger partial charge in [0, 0.05) is 18.0 Å². The van der Waals surface area contributed by atoms with Crippen molar-refractivity contribution >= 4 is 29.3 Å². The van der Waals surface area contributed by atoms with Crippen molar-refractivity contribution in [3.05, 3.63) is 59.2 Å². The molecule has 120 valence electrons. The third kappa shape index (κ3) is 4.62. The molecule has 0 unspecified atom stereocenters. The SMILES string of the molecule is O=C(CSCc1ccccc1)N1CC(Oc2ccc(Cl)cn2)C1. The topological polar surface area (TPSA) is 42.4 Å². The summed E-state index contributed by atoms with van der Waals surface area (Å²) >= 11 is 7.42. The maximum absolute atomic E-state index is 12.1. The smallest absolute Gasteiger partial charge is 0.232 e. The molecular weight excluding hydrogens is 332 g/mol. The number of rotatable bonds is 6. The van der Waals surface area contributed by atoms with Crippen LogP contribution >= 0.6 is 23.4 Å². The first-order chi connectivity index (χ1) is 11.2. The van der Waals surface area contributed by atoms with Crippen LogP contribution in [-0.4, -0.2) is 40.7 Å². The largest absolute Gasteiger partial charge is 0.471 e. The van der Waals surface area contributed by atoms with Gasteiger partial charge in [-0.3, -0.25) is 4.79 Å². The predicted molar refractivity (Wildman–Crippen MR) is 92.8 cm³/mol. The van der Waals surface area contributed by atoms with Gasteiger partial charge in [-0.25, -0.2) is 4.98 Å². The van der Waals surface area contributed by atoms with Crippen LogP contribution in [0.1, 0.15) is 5.56 Å². The second-order valence-electron chi connectivity index (χ2n) is 5.33. The summed E-state index contributed by atoms with van der Waals surface area (Å²) in [6.07, 6.45) is 1.57. The summed E-state index contributed by atoms with van der Waals surface area (Å²) in [6.45, 7) is 1.24. The van der Waals surface area contributed by atoms with Gasteiger partial charge in [-0.2, -0.15) is 0 Å². The van der Waals surface area contributed by atoms with Crippen LogP contribution in [-0.2, 0) is 10.5 Å². The maximum atomic E-state index is 12.1. The molecule has 4 nitrogen and oxygen atoms in total. The summed E-state index contributed by atoms with van der Waals surface area (Å²) in [5.74, 6) is 2.07. The first-order valence-corrected chi connectivity index (χ1v) is 8.91. The summed E-state index contributed by atoms with van der Waals surface area (Å²) in [5, 5.41) is 0.582. The molecule has 0 saturated carbocycles. The lowest BCUT2D eigenvalue weighted by Crippen LogP contribution is -2.56. The van der Waals surface area contributed by atoms with Gasteiger partial charge in [0.25, 0.3) is 0 Å². The molecule has 1 aliphatic heterocycles. The van der Waals surface area contributed by atoms with Gasteiger partial charge in [0.1, 0.15) is 6.10 Å². The van der Waals surface area contributed by atoms with Crippen molar-refractivity contribution in [3.63, 3.8) is 0 Å². The zero-order valence-corrected chi connectivity index (χ0v) is 14.1. The summed E-state index contributed by atoms with van der Waals surface area (Å²) in [7, 11) is 0. The van der Waals surface area contributed by atoms with Crippen molar-refractivity contribution in [1.82, 2.24) is 9.88 Å². The molecule has 0 bridgehead atoms. The minimum Gasteiger partial charge on any atom is -0.471 e. The molecule has 1 aliphatic rings. The van der Waals surface area contributed by atoms with Crippen molar-refractivity contribution < 1.29 is 9.53 Å². The van der Waals surface area contributed by atoms with Gasteiger partial charge in [-0.05, 0) is 11.6 Å². The number of hydrogen-bond acceptors (Lipinski definition) is 4. The summed E-state index contributed by atoms with van der Waals surface area (Å²) in [6, 6.07) is 13.7. The summed E-state index contributed by atoms with van der Waals surface area (Å²) in [5.41, 5.74) is 1.24. The van der Waals surface area contributed by atoms with Crippen LogP contribution in [0.2, 0.25) is 5.02 Å².